The van der Waals surface area contributed by atoms with Gasteiger partial charge in [0.2, 0.25) is 5.91 Å². The number of amides is 1. The van der Waals surface area contributed by atoms with E-state index in [1.807, 2.05) is 13.8 Å². The number of likely N-dealkylation sites (N-methyl/N-ethyl adjacent to an activating group) is 1. The molecule has 16 heavy (non-hydrogen) atoms. The van der Waals surface area contributed by atoms with Gasteiger partial charge in [0.25, 0.3) is 0 Å². The molecule has 0 aromatic carbocycles. The van der Waals surface area contributed by atoms with Crippen LogP contribution in [0.4, 0.5) is 0 Å². The summed E-state index contributed by atoms with van der Waals surface area (Å²) in [4.78, 5) is 14.0. The van der Waals surface area contributed by atoms with E-state index in [1.165, 1.54) is 0 Å². The first-order valence-corrected chi connectivity index (χ1v) is 6.09. The molecule has 4 heteroatoms. The Balaban J connectivity index is 2.62. The summed E-state index contributed by atoms with van der Waals surface area (Å²) in [5.74, 6) is 0.240. The van der Waals surface area contributed by atoms with Gasteiger partial charge in [0.15, 0.2) is 0 Å². The zero-order chi connectivity index (χ0) is 12.3. The molecule has 0 saturated carbocycles. The van der Waals surface area contributed by atoms with E-state index in [9.17, 15) is 9.90 Å². The molecule has 2 unspecified atom stereocenters. The Morgan fingerprint density at radius 1 is 1.56 bits per heavy atom. The second-order valence-corrected chi connectivity index (χ2v) is 5.30. The zero-order valence-electron chi connectivity index (χ0n) is 10.8. The van der Waals surface area contributed by atoms with Gasteiger partial charge in [-0.15, -0.1) is 0 Å². The number of hydrogen-bond acceptors (Lipinski definition) is 3. The van der Waals surface area contributed by atoms with Crippen molar-refractivity contribution in [2.45, 2.75) is 45.8 Å². The fraction of sp³-hybridized carbons (Fsp3) is 0.917. The fourth-order valence-corrected chi connectivity index (χ4v) is 2.24. The zero-order valence-corrected chi connectivity index (χ0v) is 10.8. The first-order valence-electron chi connectivity index (χ1n) is 6.09. The lowest BCUT2D eigenvalue weighted by atomic mass is 9.99. The molecule has 0 bridgehead atoms. The largest absolute Gasteiger partial charge is 0.389 e. The van der Waals surface area contributed by atoms with Crippen molar-refractivity contribution in [1.82, 2.24) is 10.2 Å². The van der Waals surface area contributed by atoms with Crippen LogP contribution in [0.1, 0.15) is 34.1 Å². The van der Waals surface area contributed by atoms with Crippen molar-refractivity contribution in [2.75, 3.05) is 19.6 Å². The highest BCUT2D eigenvalue weighted by Gasteiger charge is 2.33. The molecule has 1 aliphatic rings. The summed E-state index contributed by atoms with van der Waals surface area (Å²) in [5, 5.41) is 13.0. The standard InChI is InChI=1S/C12H24N2O2/c1-5-14(8-12(3,4)16)11(15)10-6-7-13-9(10)2/h9-10,13,16H,5-8H2,1-4H3. The summed E-state index contributed by atoms with van der Waals surface area (Å²) in [5.41, 5.74) is -0.819. The molecule has 0 aromatic heterocycles. The third kappa shape index (κ3) is 3.46. The van der Waals surface area contributed by atoms with Gasteiger partial charge < -0.3 is 15.3 Å². The summed E-state index contributed by atoms with van der Waals surface area (Å²) >= 11 is 0. The molecule has 1 saturated heterocycles. The van der Waals surface area contributed by atoms with Crippen molar-refractivity contribution < 1.29 is 9.90 Å². The number of rotatable bonds is 4. The minimum absolute atomic E-state index is 0.0716. The predicted octanol–water partition coefficient (Wildman–Crippen LogP) is 0.604. The van der Waals surface area contributed by atoms with E-state index in [0.717, 1.165) is 13.0 Å². The van der Waals surface area contributed by atoms with E-state index in [-0.39, 0.29) is 17.9 Å². The number of nitrogens with one attached hydrogen (secondary N) is 1. The molecule has 0 spiro atoms. The van der Waals surface area contributed by atoms with Crippen LogP contribution in [0, 0.1) is 5.92 Å². The second-order valence-electron chi connectivity index (χ2n) is 5.30. The van der Waals surface area contributed by atoms with E-state index in [2.05, 4.69) is 5.32 Å². The Morgan fingerprint density at radius 2 is 2.19 bits per heavy atom. The average Bonchev–Trinajstić information content (AvgIpc) is 2.58. The average molecular weight is 228 g/mol. The van der Waals surface area contributed by atoms with E-state index in [0.29, 0.717) is 13.1 Å². The lowest BCUT2D eigenvalue weighted by Gasteiger charge is -2.31. The van der Waals surface area contributed by atoms with E-state index >= 15 is 0 Å². The van der Waals surface area contributed by atoms with Crippen molar-refractivity contribution >= 4 is 5.91 Å². The highest BCUT2D eigenvalue weighted by atomic mass is 16.3. The van der Waals surface area contributed by atoms with Crippen molar-refractivity contribution in [3.8, 4) is 0 Å². The molecule has 0 aromatic rings. The molecule has 0 radical (unpaired) electrons. The lowest BCUT2D eigenvalue weighted by molar-refractivity contribution is -0.138. The van der Waals surface area contributed by atoms with Gasteiger partial charge in [0.1, 0.15) is 0 Å². The number of carbonyl (C=O) groups is 1. The van der Waals surface area contributed by atoms with Crippen LogP contribution in [0.5, 0.6) is 0 Å². The number of nitrogens with zero attached hydrogens (tertiary/aromatic N) is 1. The molecule has 1 fully saturated rings. The highest BCUT2D eigenvalue weighted by molar-refractivity contribution is 5.80. The van der Waals surface area contributed by atoms with Gasteiger partial charge in [-0.3, -0.25) is 4.79 Å². The fourth-order valence-electron chi connectivity index (χ4n) is 2.24. The monoisotopic (exact) mass is 228 g/mol. The Morgan fingerprint density at radius 3 is 2.56 bits per heavy atom. The molecular weight excluding hydrogens is 204 g/mol. The van der Waals surface area contributed by atoms with E-state index < -0.39 is 5.60 Å². The van der Waals surface area contributed by atoms with Gasteiger partial charge in [-0.1, -0.05) is 0 Å². The van der Waals surface area contributed by atoms with Crippen LogP contribution in [0.15, 0.2) is 0 Å². The van der Waals surface area contributed by atoms with E-state index in [4.69, 9.17) is 0 Å². The van der Waals surface area contributed by atoms with Crippen LogP contribution >= 0.6 is 0 Å². The number of hydrogen-bond donors (Lipinski definition) is 2. The van der Waals surface area contributed by atoms with Gasteiger partial charge >= 0.3 is 0 Å². The molecule has 94 valence electrons. The first kappa shape index (κ1) is 13.5. The molecule has 2 N–H and O–H groups in total. The normalized spacial score (nSPS) is 25.8. The SMILES string of the molecule is CCN(CC(C)(C)O)C(=O)C1CCNC1C. The van der Waals surface area contributed by atoms with Crippen LogP contribution in [0.3, 0.4) is 0 Å². The molecule has 0 aliphatic carbocycles. The molecule has 1 rings (SSSR count). The Labute approximate surface area is 98.0 Å². The van der Waals surface area contributed by atoms with Crippen LogP contribution in [0.25, 0.3) is 0 Å². The quantitative estimate of drug-likeness (QED) is 0.741. The Hall–Kier alpha value is -0.610. The Kier molecular flexibility index (Phi) is 4.33. The molecule has 1 amide bonds. The number of carbonyl (C=O) groups excluding carboxylic acids is 1. The molecule has 2 atom stereocenters. The maximum atomic E-state index is 12.2. The molecule has 1 aliphatic heterocycles. The third-order valence-electron chi connectivity index (χ3n) is 3.11. The van der Waals surface area contributed by atoms with E-state index in [1.54, 1.807) is 18.7 Å². The summed E-state index contributed by atoms with van der Waals surface area (Å²) in [6.07, 6.45) is 0.905. The van der Waals surface area contributed by atoms with Crippen LogP contribution in [-0.4, -0.2) is 47.2 Å². The van der Waals surface area contributed by atoms with Crippen LogP contribution in [-0.2, 0) is 4.79 Å². The molecule has 1 heterocycles. The van der Waals surface area contributed by atoms with Gasteiger partial charge in [-0.25, -0.2) is 0 Å². The van der Waals surface area contributed by atoms with Crippen molar-refractivity contribution in [3.05, 3.63) is 0 Å². The Bertz CT molecular complexity index is 248. The van der Waals surface area contributed by atoms with Gasteiger partial charge in [0, 0.05) is 19.1 Å². The minimum atomic E-state index is -0.819. The molecular formula is C12H24N2O2. The topological polar surface area (TPSA) is 52.6 Å². The molecule has 4 nitrogen and oxygen atoms in total. The minimum Gasteiger partial charge on any atom is -0.389 e. The highest BCUT2D eigenvalue weighted by Crippen LogP contribution is 2.19. The van der Waals surface area contributed by atoms with Gasteiger partial charge in [0.05, 0.1) is 11.5 Å². The predicted molar refractivity (Wildman–Crippen MR) is 64.1 cm³/mol. The summed E-state index contributed by atoms with van der Waals surface area (Å²) in [7, 11) is 0. The van der Waals surface area contributed by atoms with Crippen molar-refractivity contribution in [2.24, 2.45) is 5.92 Å². The lowest BCUT2D eigenvalue weighted by Crippen LogP contribution is -2.46. The van der Waals surface area contributed by atoms with Crippen molar-refractivity contribution in [3.63, 3.8) is 0 Å². The van der Waals surface area contributed by atoms with Crippen LogP contribution in [0.2, 0.25) is 0 Å². The van der Waals surface area contributed by atoms with Gasteiger partial charge in [-0.05, 0) is 40.7 Å². The third-order valence-corrected chi connectivity index (χ3v) is 3.11. The summed E-state index contributed by atoms with van der Waals surface area (Å²) in [6, 6.07) is 0.253. The summed E-state index contributed by atoms with van der Waals surface area (Å²) in [6.45, 7) is 9.46. The van der Waals surface area contributed by atoms with Crippen LogP contribution < -0.4 is 5.32 Å². The smallest absolute Gasteiger partial charge is 0.227 e. The summed E-state index contributed by atoms with van der Waals surface area (Å²) < 4.78 is 0. The first-order chi connectivity index (χ1) is 7.35. The van der Waals surface area contributed by atoms with Crippen molar-refractivity contribution in [1.29, 1.82) is 0 Å². The maximum Gasteiger partial charge on any atom is 0.227 e. The van der Waals surface area contributed by atoms with Gasteiger partial charge in [-0.2, -0.15) is 0 Å². The number of aliphatic hydroxyl groups is 1. The maximum absolute atomic E-state index is 12.2. The second kappa shape index (κ2) is 5.15.